The number of hydrogen-bond acceptors (Lipinski definition) is 2. The number of nitrogens with zero attached hydrogens (tertiary/aromatic N) is 1. The summed E-state index contributed by atoms with van der Waals surface area (Å²) in [5.74, 6) is 0.105. The molecule has 1 saturated carbocycles. The summed E-state index contributed by atoms with van der Waals surface area (Å²) in [6.45, 7) is 2.83. The minimum Gasteiger partial charge on any atom is -0.352 e. The third-order valence-electron chi connectivity index (χ3n) is 4.28. The van der Waals surface area contributed by atoms with Gasteiger partial charge >= 0.3 is 0 Å². The molecule has 2 aromatic carbocycles. The van der Waals surface area contributed by atoms with Gasteiger partial charge in [0.1, 0.15) is 6.04 Å². The molecule has 1 aliphatic carbocycles. The van der Waals surface area contributed by atoms with E-state index in [1.807, 2.05) is 37.4 Å². The number of aryl methyl sites for hydroxylation is 1. The molecule has 0 aromatic heterocycles. The van der Waals surface area contributed by atoms with E-state index in [9.17, 15) is 4.79 Å². The van der Waals surface area contributed by atoms with Gasteiger partial charge in [-0.3, -0.25) is 9.69 Å². The van der Waals surface area contributed by atoms with E-state index in [-0.39, 0.29) is 11.9 Å². The molecule has 1 fully saturated rings. The van der Waals surface area contributed by atoms with Gasteiger partial charge in [-0.25, -0.2) is 0 Å². The Labute approximate surface area is 138 Å². The molecule has 3 rings (SSSR count). The zero-order valence-corrected chi connectivity index (χ0v) is 13.8. The lowest BCUT2D eigenvalue weighted by Gasteiger charge is -2.27. The van der Waals surface area contributed by atoms with Crippen molar-refractivity contribution < 1.29 is 4.79 Å². The maximum atomic E-state index is 12.7. The topological polar surface area (TPSA) is 32.3 Å². The highest BCUT2D eigenvalue weighted by molar-refractivity contribution is 5.83. The number of benzene rings is 2. The van der Waals surface area contributed by atoms with E-state index in [1.54, 1.807) is 0 Å². The summed E-state index contributed by atoms with van der Waals surface area (Å²) >= 11 is 0. The van der Waals surface area contributed by atoms with Crippen LogP contribution in [0, 0.1) is 6.92 Å². The fraction of sp³-hybridized carbons (Fsp3) is 0.350. The lowest BCUT2D eigenvalue weighted by atomic mass is 10.0. The Hall–Kier alpha value is -2.13. The van der Waals surface area contributed by atoms with Crippen molar-refractivity contribution >= 4 is 5.91 Å². The molecule has 1 atom stereocenters. The van der Waals surface area contributed by atoms with Gasteiger partial charge in [0.15, 0.2) is 0 Å². The summed E-state index contributed by atoms with van der Waals surface area (Å²) < 4.78 is 0. The van der Waals surface area contributed by atoms with E-state index < -0.39 is 0 Å². The van der Waals surface area contributed by atoms with Crippen molar-refractivity contribution in [3.63, 3.8) is 0 Å². The van der Waals surface area contributed by atoms with Crippen LogP contribution in [0.3, 0.4) is 0 Å². The Morgan fingerprint density at radius 2 is 1.78 bits per heavy atom. The number of carbonyl (C=O) groups excluding carboxylic acids is 1. The van der Waals surface area contributed by atoms with Crippen LogP contribution in [0.2, 0.25) is 0 Å². The molecule has 1 amide bonds. The molecule has 1 aliphatic rings. The monoisotopic (exact) mass is 308 g/mol. The van der Waals surface area contributed by atoms with Gasteiger partial charge < -0.3 is 5.32 Å². The predicted molar refractivity (Wildman–Crippen MR) is 93.0 cm³/mol. The molecule has 0 aliphatic heterocycles. The number of likely N-dealkylation sites (N-methyl/N-ethyl adjacent to an activating group) is 1. The number of hydrogen-bond donors (Lipinski definition) is 1. The van der Waals surface area contributed by atoms with Crippen LogP contribution >= 0.6 is 0 Å². The van der Waals surface area contributed by atoms with Crippen molar-refractivity contribution in [3.05, 3.63) is 71.3 Å². The van der Waals surface area contributed by atoms with Gasteiger partial charge in [-0.15, -0.1) is 0 Å². The zero-order valence-electron chi connectivity index (χ0n) is 13.8. The van der Waals surface area contributed by atoms with Crippen LogP contribution in [0.4, 0.5) is 0 Å². The van der Waals surface area contributed by atoms with Crippen LogP contribution in [0.5, 0.6) is 0 Å². The summed E-state index contributed by atoms with van der Waals surface area (Å²) in [7, 11) is 2.02. The van der Waals surface area contributed by atoms with Crippen molar-refractivity contribution in [2.24, 2.45) is 0 Å². The van der Waals surface area contributed by atoms with Crippen LogP contribution in [-0.2, 0) is 11.3 Å². The molecule has 0 bridgehead atoms. The Kier molecular flexibility index (Phi) is 4.77. The van der Waals surface area contributed by atoms with Gasteiger partial charge in [-0.05, 0) is 37.9 Å². The molecule has 0 spiro atoms. The molecule has 23 heavy (non-hydrogen) atoms. The summed E-state index contributed by atoms with van der Waals surface area (Å²) in [4.78, 5) is 14.8. The molecule has 0 radical (unpaired) electrons. The SMILES string of the molecule is Cc1ccc(CN(C)[C@H](C(=O)NC2CC2)c2ccccc2)cc1. The van der Waals surface area contributed by atoms with E-state index >= 15 is 0 Å². The third kappa shape index (κ3) is 4.20. The van der Waals surface area contributed by atoms with Crippen molar-refractivity contribution in [1.29, 1.82) is 0 Å². The molecule has 0 heterocycles. The summed E-state index contributed by atoms with van der Waals surface area (Å²) in [6.07, 6.45) is 2.21. The average Bonchev–Trinajstić information content (AvgIpc) is 3.35. The number of carbonyl (C=O) groups is 1. The molecule has 1 N–H and O–H groups in total. The zero-order chi connectivity index (χ0) is 16.2. The predicted octanol–water partition coefficient (Wildman–Crippen LogP) is 3.45. The van der Waals surface area contributed by atoms with Gasteiger partial charge in [-0.2, -0.15) is 0 Å². The minimum absolute atomic E-state index is 0.105. The van der Waals surface area contributed by atoms with Crippen molar-refractivity contribution in [1.82, 2.24) is 10.2 Å². The second-order valence-corrected chi connectivity index (χ2v) is 6.50. The maximum Gasteiger partial charge on any atom is 0.242 e. The molecule has 120 valence electrons. The fourth-order valence-corrected chi connectivity index (χ4v) is 2.82. The Morgan fingerprint density at radius 1 is 1.13 bits per heavy atom. The van der Waals surface area contributed by atoms with Crippen LogP contribution in [-0.4, -0.2) is 23.9 Å². The number of rotatable bonds is 6. The Balaban J connectivity index is 1.78. The first-order valence-electron chi connectivity index (χ1n) is 8.24. The van der Waals surface area contributed by atoms with E-state index in [1.165, 1.54) is 11.1 Å². The van der Waals surface area contributed by atoms with Crippen molar-refractivity contribution in [2.75, 3.05) is 7.05 Å². The highest BCUT2D eigenvalue weighted by atomic mass is 16.2. The van der Waals surface area contributed by atoms with E-state index in [4.69, 9.17) is 0 Å². The highest BCUT2D eigenvalue weighted by Gasteiger charge is 2.30. The normalized spacial score (nSPS) is 15.4. The fourth-order valence-electron chi connectivity index (χ4n) is 2.82. The lowest BCUT2D eigenvalue weighted by molar-refractivity contribution is -0.126. The summed E-state index contributed by atoms with van der Waals surface area (Å²) in [5.41, 5.74) is 3.51. The second kappa shape index (κ2) is 6.97. The van der Waals surface area contributed by atoms with Gasteiger partial charge in [-0.1, -0.05) is 60.2 Å². The summed E-state index contributed by atoms with van der Waals surface area (Å²) in [5, 5.41) is 3.15. The molecule has 3 nitrogen and oxygen atoms in total. The van der Waals surface area contributed by atoms with Crippen LogP contribution in [0.1, 0.15) is 35.6 Å². The largest absolute Gasteiger partial charge is 0.352 e. The van der Waals surface area contributed by atoms with E-state index in [2.05, 4.69) is 41.4 Å². The van der Waals surface area contributed by atoms with Gasteiger partial charge in [0.05, 0.1) is 0 Å². The minimum atomic E-state index is -0.252. The first kappa shape index (κ1) is 15.8. The lowest BCUT2D eigenvalue weighted by Crippen LogP contribution is -2.39. The first-order chi connectivity index (χ1) is 11.1. The van der Waals surface area contributed by atoms with Gasteiger partial charge in [0.25, 0.3) is 0 Å². The maximum absolute atomic E-state index is 12.7. The standard InChI is InChI=1S/C20H24N2O/c1-15-8-10-16(11-9-15)14-22(2)19(17-6-4-3-5-7-17)20(23)21-18-12-13-18/h3-11,18-19H,12-14H2,1-2H3,(H,21,23)/t19-/m0/s1. The Morgan fingerprint density at radius 3 is 2.39 bits per heavy atom. The molecular weight excluding hydrogens is 284 g/mol. The third-order valence-corrected chi connectivity index (χ3v) is 4.28. The van der Waals surface area contributed by atoms with Crippen LogP contribution in [0.25, 0.3) is 0 Å². The molecule has 0 saturated heterocycles. The van der Waals surface area contributed by atoms with E-state index in [0.717, 1.165) is 24.9 Å². The molecule has 0 unspecified atom stereocenters. The second-order valence-electron chi connectivity index (χ2n) is 6.50. The highest BCUT2D eigenvalue weighted by Crippen LogP contribution is 2.25. The van der Waals surface area contributed by atoms with E-state index in [0.29, 0.717) is 6.04 Å². The number of amides is 1. The molecule has 2 aromatic rings. The van der Waals surface area contributed by atoms with Crippen LogP contribution in [0.15, 0.2) is 54.6 Å². The van der Waals surface area contributed by atoms with Crippen LogP contribution < -0.4 is 5.32 Å². The number of nitrogens with one attached hydrogen (secondary N) is 1. The van der Waals surface area contributed by atoms with Crippen molar-refractivity contribution in [2.45, 2.75) is 38.4 Å². The van der Waals surface area contributed by atoms with Crippen molar-refractivity contribution in [3.8, 4) is 0 Å². The molecular formula is C20H24N2O. The molecule has 3 heteroatoms. The first-order valence-corrected chi connectivity index (χ1v) is 8.24. The summed E-state index contributed by atoms with van der Waals surface area (Å²) in [6, 6.07) is 18.7. The average molecular weight is 308 g/mol. The van der Waals surface area contributed by atoms with Gasteiger partial charge in [0.2, 0.25) is 5.91 Å². The smallest absolute Gasteiger partial charge is 0.242 e. The van der Waals surface area contributed by atoms with Gasteiger partial charge in [0, 0.05) is 12.6 Å². The Bertz CT molecular complexity index is 647. The quantitative estimate of drug-likeness (QED) is 0.886.